The fraction of sp³-hybridized carbons (Fsp3) is 0.615. The fourth-order valence-corrected chi connectivity index (χ4v) is 4.64. The average molecular weight is 396 g/mol. The molecule has 0 unspecified atom stereocenters. The third-order valence-corrected chi connectivity index (χ3v) is 6.52. The molecule has 0 bridgehead atoms. The van der Waals surface area contributed by atoms with Crippen LogP contribution in [0.1, 0.15) is 12.8 Å². The van der Waals surface area contributed by atoms with Crippen molar-refractivity contribution in [2.75, 3.05) is 18.9 Å². The van der Waals surface area contributed by atoms with E-state index in [4.69, 9.17) is 0 Å². The van der Waals surface area contributed by atoms with Crippen molar-refractivity contribution in [3.05, 3.63) is 16.7 Å². The summed E-state index contributed by atoms with van der Waals surface area (Å²) in [6.45, 7) is 0.425. The van der Waals surface area contributed by atoms with E-state index in [0.717, 1.165) is 0 Å². The normalized spacial score (nSPS) is 29.2. The summed E-state index contributed by atoms with van der Waals surface area (Å²) in [4.78, 5) is 4.10. The van der Waals surface area contributed by atoms with Crippen LogP contribution < -0.4 is 10.0 Å². The lowest BCUT2D eigenvalue weighted by Crippen LogP contribution is -2.20. The summed E-state index contributed by atoms with van der Waals surface area (Å²) in [6.07, 6.45) is 1.82. The monoisotopic (exact) mass is 395 g/mol. The Balaban J connectivity index is 1.65. The molecule has 0 aromatic carbocycles. The molecule has 0 spiro atoms. The number of halogens is 3. The Kier molecular flexibility index (Phi) is 3.93. The molecule has 2 aliphatic carbocycles. The Morgan fingerprint density at radius 2 is 2.23 bits per heavy atom. The van der Waals surface area contributed by atoms with Gasteiger partial charge in [0.05, 0.1) is 4.47 Å². The maximum Gasteiger partial charge on any atom is 0.251 e. The van der Waals surface area contributed by atoms with Crippen molar-refractivity contribution in [2.45, 2.75) is 23.7 Å². The van der Waals surface area contributed by atoms with E-state index < -0.39 is 21.9 Å². The first kappa shape index (κ1) is 16.1. The molecule has 2 saturated carbocycles. The Morgan fingerprint density at radius 3 is 2.77 bits per heavy atom. The minimum absolute atomic E-state index is 0.00263. The number of pyridine rings is 1. The minimum Gasteiger partial charge on any atom is -0.369 e. The highest BCUT2D eigenvalue weighted by atomic mass is 79.9. The second-order valence-corrected chi connectivity index (χ2v) is 8.48. The Morgan fingerprint density at radius 1 is 1.50 bits per heavy atom. The van der Waals surface area contributed by atoms with E-state index in [1.54, 1.807) is 0 Å². The summed E-state index contributed by atoms with van der Waals surface area (Å²) in [5.74, 6) is -2.51. The number of nitrogens with zero attached hydrogens (tertiary/aromatic N) is 1. The van der Waals surface area contributed by atoms with E-state index in [1.807, 2.05) is 0 Å². The lowest BCUT2D eigenvalue weighted by atomic mass is 10.1. The van der Waals surface area contributed by atoms with Gasteiger partial charge in [-0.25, -0.2) is 26.9 Å². The SMILES string of the molecule is CNS(=O)(=O)c1cnc(NC[C@@H]2[C@H]3CCC(F)(F)[C@H]32)c(Br)c1. The fourth-order valence-electron chi connectivity index (χ4n) is 3.30. The summed E-state index contributed by atoms with van der Waals surface area (Å²) in [7, 11) is -2.23. The van der Waals surface area contributed by atoms with Crippen molar-refractivity contribution in [3.8, 4) is 0 Å². The smallest absolute Gasteiger partial charge is 0.251 e. The van der Waals surface area contributed by atoms with Crippen LogP contribution in [-0.4, -0.2) is 32.9 Å². The maximum absolute atomic E-state index is 13.5. The number of hydrogen-bond acceptors (Lipinski definition) is 4. The quantitative estimate of drug-likeness (QED) is 0.802. The van der Waals surface area contributed by atoms with Crippen molar-refractivity contribution < 1.29 is 17.2 Å². The van der Waals surface area contributed by atoms with Crippen LogP contribution in [-0.2, 0) is 10.0 Å². The van der Waals surface area contributed by atoms with Crippen LogP contribution in [0.5, 0.6) is 0 Å². The zero-order valence-electron chi connectivity index (χ0n) is 11.8. The van der Waals surface area contributed by atoms with Gasteiger partial charge in [-0.2, -0.15) is 0 Å². The van der Waals surface area contributed by atoms with Crippen LogP contribution in [0.25, 0.3) is 0 Å². The highest BCUT2D eigenvalue weighted by Crippen LogP contribution is 2.64. The van der Waals surface area contributed by atoms with Crippen molar-refractivity contribution in [1.82, 2.24) is 9.71 Å². The molecule has 0 amide bonds. The molecule has 2 N–H and O–H groups in total. The number of rotatable bonds is 5. The number of hydrogen-bond donors (Lipinski definition) is 2. The Hall–Kier alpha value is -0.800. The van der Waals surface area contributed by atoms with Gasteiger partial charge in [-0.05, 0) is 47.3 Å². The molecule has 22 heavy (non-hydrogen) atoms. The first-order valence-corrected chi connectivity index (χ1v) is 9.24. The summed E-state index contributed by atoms with van der Waals surface area (Å²) in [5, 5.41) is 3.03. The third-order valence-electron chi connectivity index (χ3n) is 4.53. The second-order valence-electron chi connectivity index (χ2n) is 5.74. The van der Waals surface area contributed by atoms with E-state index >= 15 is 0 Å². The van der Waals surface area contributed by atoms with Crippen molar-refractivity contribution in [3.63, 3.8) is 0 Å². The van der Waals surface area contributed by atoms with E-state index in [9.17, 15) is 17.2 Å². The van der Waals surface area contributed by atoms with Gasteiger partial charge >= 0.3 is 0 Å². The first-order valence-electron chi connectivity index (χ1n) is 6.97. The average Bonchev–Trinajstić information content (AvgIpc) is 3.09. The molecule has 2 fully saturated rings. The Bertz CT molecular complexity index is 699. The van der Waals surface area contributed by atoms with Crippen LogP contribution >= 0.6 is 15.9 Å². The molecule has 1 aromatic rings. The summed E-state index contributed by atoms with van der Waals surface area (Å²) in [5.41, 5.74) is 0. The molecule has 0 saturated heterocycles. The summed E-state index contributed by atoms with van der Waals surface area (Å²) in [6, 6.07) is 1.43. The highest BCUT2D eigenvalue weighted by Gasteiger charge is 2.66. The van der Waals surface area contributed by atoms with E-state index in [1.165, 1.54) is 19.3 Å². The number of alkyl halides is 2. The number of aromatic nitrogens is 1. The van der Waals surface area contributed by atoms with Crippen molar-refractivity contribution in [1.29, 1.82) is 0 Å². The van der Waals surface area contributed by atoms with Gasteiger partial charge in [-0.3, -0.25) is 0 Å². The van der Waals surface area contributed by atoms with Gasteiger partial charge in [0.1, 0.15) is 10.7 Å². The number of fused-ring (bicyclic) bond motifs is 1. The number of nitrogens with one attached hydrogen (secondary N) is 2. The van der Waals surface area contributed by atoms with Crippen molar-refractivity contribution in [2.24, 2.45) is 17.8 Å². The van der Waals surface area contributed by atoms with Gasteiger partial charge < -0.3 is 5.32 Å². The summed E-state index contributed by atoms with van der Waals surface area (Å²) < 4.78 is 53.1. The van der Waals surface area contributed by atoms with Crippen LogP contribution in [0.4, 0.5) is 14.6 Å². The van der Waals surface area contributed by atoms with Crippen molar-refractivity contribution >= 4 is 31.8 Å². The zero-order valence-corrected chi connectivity index (χ0v) is 14.2. The van der Waals surface area contributed by atoms with Gasteiger partial charge in [0.2, 0.25) is 10.0 Å². The molecular weight excluding hydrogens is 380 g/mol. The molecule has 3 atom stereocenters. The molecule has 1 heterocycles. The van der Waals surface area contributed by atoms with Gasteiger partial charge in [0.15, 0.2) is 0 Å². The van der Waals surface area contributed by atoms with Crippen LogP contribution in [0, 0.1) is 17.8 Å². The van der Waals surface area contributed by atoms with Gasteiger partial charge in [-0.1, -0.05) is 0 Å². The number of sulfonamides is 1. The van der Waals surface area contributed by atoms with Gasteiger partial charge in [0.25, 0.3) is 5.92 Å². The third kappa shape index (κ3) is 2.74. The van der Waals surface area contributed by atoms with E-state index in [-0.39, 0.29) is 23.2 Å². The van der Waals surface area contributed by atoms with E-state index in [0.29, 0.717) is 23.3 Å². The highest BCUT2D eigenvalue weighted by molar-refractivity contribution is 9.10. The molecule has 122 valence electrons. The molecule has 3 rings (SSSR count). The predicted molar refractivity (Wildman–Crippen MR) is 81.3 cm³/mol. The number of anilines is 1. The van der Waals surface area contributed by atoms with Crippen LogP contribution in [0.15, 0.2) is 21.6 Å². The lowest BCUT2D eigenvalue weighted by Gasteiger charge is -2.14. The van der Waals surface area contributed by atoms with Gasteiger partial charge in [-0.15, -0.1) is 0 Å². The van der Waals surface area contributed by atoms with Gasteiger partial charge in [0, 0.05) is 25.1 Å². The molecule has 5 nitrogen and oxygen atoms in total. The zero-order chi connectivity index (χ0) is 16.1. The minimum atomic E-state index is -3.55. The lowest BCUT2D eigenvalue weighted by molar-refractivity contribution is -0.0204. The largest absolute Gasteiger partial charge is 0.369 e. The standard InChI is InChI=1S/C13H16BrF2N3O2S/c1-17-22(20,21)7-4-10(14)12(18-5-7)19-6-9-8-2-3-13(15,16)11(8)9/h4-5,8-9,11,17H,2-3,6H2,1H3,(H,18,19)/t8-,9-,11-/m1/s1. The van der Waals surface area contributed by atoms with E-state index in [2.05, 4.69) is 31.0 Å². The maximum atomic E-state index is 13.5. The molecule has 2 aliphatic rings. The molecule has 0 aliphatic heterocycles. The molecular formula is C13H16BrF2N3O2S. The van der Waals surface area contributed by atoms with Crippen LogP contribution in [0.2, 0.25) is 0 Å². The molecule has 9 heteroatoms. The van der Waals surface area contributed by atoms with Crippen LogP contribution in [0.3, 0.4) is 0 Å². The second kappa shape index (κ2) is 5.38. The molecule has 1 aromatic heterocycles. The summed E-state index contributed by atoms with van der Waals surface area (Å²) >= 11 is 3.26. The Labute approximate surface area is 136 Å². The topological polar surface area (TPSA) is 71.1 Å². The molecule has 0 radical (unpaired) electrons. The predicted octanol–water partition coefficient (Wildman–Crippen LogP) is 2.46. The first-order chi connectivity index (χ1) is 10.3.